The molecule has 0 atom stereocenters. The molecule has 150 valence electrons. The van der Waals surface area contributed by atoms with E-state index >= 15 is 0 Å². The van der Waals surface area contributed by atoms with Gasteiger partial charge in [-0.2, -0.15) is 0 Å². The van der Waals surface area contributed by atoms with Crippen molar-refractivity contribution in [3.8, 4) is 0 Å². The third-order valence-electron chi connectivity index (χ3n) is 5.28. The molecule has 3 aromatic rings. The lowest BCUT2D eigenvalue weighted by molar-refractivity contribution is -0.116. The van der Waals surface area contributed by atoms with Gasteiger partial charge < -0.3 is 15.0 Å². The summed E-state index contributed by atoms with van der Waals surface area (Å²) in [6.45, 7) is 2.43. The number of aromatic nitrogens is 1. The van der Waals surface area contributed by atoms with E-state index in [0.29, 0.717) is 34.6 Å². The van der Waals surface area contributed by atoms with Gasteiger partial charge in [0.15, 0.2) is 0 Å². The van der Waals surface area contributed by atoms with Crippen molar-refractivity contribution in [1.82, 2.24) is 9.88 Å². The first-order chi connectivity index (χ1) is 14.0. The minimum absolute atomic E-state index is 0.158. The number of rotatable bonds is 5. The number of amides is 1. The topological polar surface area (TPSA) is 74.4 Å². The number of H-pyrrole nitrogens is 1. The number of fused-ring (bicyclic) bond motifs is 2. The van der Waals surface area contributed by atoms with E-state index in [9.17, 15) is 9.59 Å². The number of benzene rings is 2. The summed E-state index contributed by atoms with van der Waals surface area (Å²) in [7, 11) is 1.31. The summed E-state index contributed by atoms with van der Waals surface area (Å²) < 4.78 is 4.84. The zero-order valence-corrected chi connectivity index (χ0v) is 16.9. The number of hydrogen-bond acceptors (Lipinski definition) is 4. The Balaban J connectivity index is 1.46. The fraction of sp³-hybridized carbons (Fsp3) is 0.273. The Morgan fingerprint density at radius 1 is 1.21 bits per heavy atom. The second-order valence-corrected chi connectivity index (χ2v) is 7.59. The molecule has 0 bridgehead atoms. The van der Waals surface area contributed by atoms with E-state index in [2.05, 4.69) is 33.4 Å². The number of hydrogen-bond donors (Lipinski definition) is 2. The molecule has 0 saturated carbocycles. The maximum Gasteiger partial charge on any atom is 0.356 e. The second-order valence-electron chi connectivity index (χ2n) is 7.15. The van der Waals surface area contributed by atoms with Gasteiger partial charge in [0.1, 0.15) is 5.69 Å². The van der Waals surface area contributed by atoms with Gasteiger partial charge in [0.2, 0.25) is 5.91 Å². The van der Waals surface area contributed by atoms with Gasteiger partial charge in [-0.3, -0.25) is 9.69 Å². The Morgan fingerprint density at radius 3 is 2.79 bits per heavy atom. The highest BCUT2D eigenvalue weighted by Crippen LogP contribution is 2.31. The molecular weight excluding hydrogens is 390 g/mol. The van der Waals surface area contributed by atoms with Crippen LogP contribution in [0.15, 0.2) is 42.5 Å². The first kappa shape index (κ1) is 19.5. The Bertz CT molecular complexity index is 1080. The van der Waals surface area contributed by atoms with Crippen LogP contribution in [0.1, 0.15) is 28.0 Å². The predicted molar refractivity (Wildman–Crippen MR) is 113 cm³/mol. The van der Waals surface area contributed by atoms with E-state index in [4.69, 9.17) is 16.3 Å². The Morgan fingerprint density at radius 2 is 2.00 bits per heavy atom. The summed E-state index contributed by atoms with van der Waals surface area (Å²) in [4.78, 5) is 30.1. The molecule has 2 aromatic carbocycles. The largest absolute Gasteiger partial charge is 0.464 e. The van der Waals surface area contributed by atoms with Crippen LogP contribution in [0.3, 0.4) is 0 Å². The number of aromatic amines is 1. The zero-order chi connectivity index (χ0) is 20.4. The molecule has 2 N–H and O–H groups in total. The summed E-state index contributed by atoms with van der Waals surface area (Å²) in [6.07, 6.45) is 1.32. The predicted octanol–water partition coefficient (Wildman–Crippen LogP) is 3.99. The molecule has 7 heteroatoms. The maximum atomic E-state index is 12.7. The van der Waals surface area contributed by atoms with Crippen molar-refractivity contribution in [3.05, 3.63) is 64.3 Å². The summed E-state index contributed by atoms with van der Waals surface area (Å²) in [5.74, 6) is -0.699. The van der Waals surface area contributed by atoms with E-state index in [1.165, 1.54) is 18.2 Å². The molecule has 0 radical (unpaired) electrons. The first-order valence-corrected chi connectivity index (χ1v) is 9.91. The van der Waals surface area contributed by atoms with Crippen LogP contribution in [0, 0.1) is 0 Å². The van der Waals surface area contributed by atoms with E-state index in [-0.39, 0.29) is 11.6 Å². The standard InChI is InChI=1S/C22H22ClN3O3/c1-29-22(28)21-20(17-12-16(23)6-7-18(17)24-21)25-19(27)9-11-26-10-8-14-4-2-3-5-15(14)13-26/h2-7,12,24H,8-11,13H2,1H3,(H,25,27). The molecule has 0 spiro atoms. The van der Waals surface area contributed by atoms with Gasteiger partial charge in [-0.15, -0.1) is 0 Å². The number of anilines is 1. The third-order valence-corrected chi connectivity index (χ3v) is 5.51. The van der Waals surface area contributed by atoms with Crippen LogP contribution in [-0.4, -0.2) is 42.0 Å². The fourth-order valence-corrected chi connectivity index (χ4v) is 3.93. The summed E-state index contributed by atoms with van der Waals surface area (Å²) in [6, 6.07) is 13.6. The van der Waals surface area contributed by atoms with Crippen LogP contribution in [0.5, 0.6) is 0 Å². The van der Waals surface area contributed by atoms with Crippen molar-refractivity contribution in [3.63, 3.8) is 0 Å². The molecule has 29 heavy (non-hydrogen) atoms. The van der Waals surface area contributed by atoms with Gasteiger partial charge >= 0.3 is 5.97 Å². The molecule has 1 amide bonds. The van der Waals surface area contributed by atoms with Crippen molar-refractivity contribution in [2.45, 2.75) is 19.4 Å². The molecule has 1 aliphatic rings. The molecule has 1 aliphatic heterocycles. The molecular formula is C22H22ClN3O3. The van der Waals surface area contributed by atoms with Crippen LogP contribution in [0.25, 0.3) is 10.9 Å². The van der Waals surface area contributed by atoms with Gasteiger partial charge in [-0.05, 0) is 35.7 Å². The number of esters is 1. The molecule has 0 saturated heterocycles. The summed E-state index contributed by atoms with van der Waals surface area (Å²) >= 11 is 6.10. The monoisotopic (exact) mass is 411 g/mol. The van der Waals surface area contributed by atoms with Gasteiger partial charge in [-0.25, -0.2) is 4.79 Å². The lowest BCUT2D eigenvalue weighted by atomic mass is 10.00. The van der Waals surface area contributed by atoms with Gasteiger partial charge in [0.25, 0.3) is 0 Å². The quantitative estimate of drug-likeness (QED) is 0.622. The van der Waals surface area contributed by atoms with Crippen molar-refractivity contribution in [2.75, 3.05) is 25.5 Å². The minimum atomic E-state index is -0.541. The Hall–Kier alpha value is -2.83. The Labute approximate surface area is 173 Å². The molecule has 2 heterocycles. The molecule has 0 fully saturated rings. The van der Waals surface area contributed by atoms with Crippen molar-refractivity contribution in [1.29, 1.82) is 0 Å². The highest BCUT2D eigenvalue weighted by atomic mass is 35.5. The molecule has 6 nitrogen and oxygen atoms in total. The SMILES string of the molecule is COC(=O)c1[nH]c2ccc(Cl)cc2c1NC(=O)CCN1CCc2ccccc2C1. The van der Waals surface area contributed by atoms with E-state index in [0.717, 1.165) is 19.5 Å². The number of halogens is 1. The van der Waals surface area contributed by atoms with Crippen molar-refractivity contribution >= 4 is 40.1 Å². The number of ether oxygens (including phenoxy) is 1. The van der Waals surface area contributed by atoms with Crippen LogP contribution >= 0.6 is 11.6 Å². The zero-order valence-electron chi connectivity index (χ0n) is 16.1. The van der Waals surface area contributed by atoms with E-state index in [1.807, 2.05) is 6.07 Å². The van der Waals surface area contributed by atoms with Gasteiger partial charge in [-0.1, -0.05) is 35.9 Å². The molecule has 0 unspecified atom stereocenters. The summed E-state index contributed by atoms with van der Waals surface area (Å²) in [5, 5.41) is 4.08. The average Bonchev–Trinajstić information content (AvgIpc) is 3.09. The number of nitrogens with one attached hydrogen (secondary N) is 2. The lowest BCUT2D eigenvalue weighted by Crippen LogP contribution is -2.33. The lowest BCUT2D eigenvalue weighted by Gasteiger charge is -2.28. The first-order valence-electron chi connectivity index (χ1n) is 9.53. The fourth-order valence-electron chi connectivity index (χ4n) is 3.76. The average molecular weight is 412 g/mol. The highest BCUT2D eigenvalue weighted by molar-refractivity contribution is 6.31. The number of carbonyl (C=O) groups excluding carboxylic acids is 2. The molecule has 1 aromatic heterocycles. The minimum Gasteiger partial charge on any atom is -0.464 e. The van der Waals surface area contributed by atoms with Gasteiger partial charge in [0.05, 0.1) is 12.8 Å². The van der Waals surface area contributed by atoms with Crippen LogP contribution < -0.4 is 5.32 Å². The summed E-state index contributed by atoms with van der Waals surface area (Å²) in [5.41, 5.74) is 4.02. The normalized spacial score (nSPS) is 13.9. The number of nitrogens with zero attached hydrogens (tertiary/aromatic N) is 1. The van der Waals surface area contributed by atoms with Crippen LogP contribution in [0.4, 0.5) is 5.69 Å². The maximum absolute atomic E-state index is 12.7. The smallest absolute Gasteiger partial charge is 0.356 e. The Kier molecular flexibility index (Phi) is 5.56. The third kappa shape index (κ3) is 4.13. The van der Waals surface area contributed by atoms with Gasteiger partial charge in [0, 0.05) is 42.0 Å². The molecule has 4 rings (SSSR count). The van der Waals surface area contributed by atoms with E-state index in [1.54, 1.807) is 18.2 Å². The number of methoxy groups -OCH3 is 1. The second kappa shape index (κ2) is 8.27. The number of carbonyl (C=O) groups is 2. The van der Waals surface area contributed by atoms with E-state index < -0.39 is 5.97 Å². The highest BCUT2D eigenvalue weighted by Gasteiger charge is 2.21. The molecule has 0 aliphatic carbocycles. The van der Waals surface area contributed by atoms with Crippen molar-refractivity contribution in [2.24, 2.45) is 0 Å². The van der Waals surface area contributed by atoms with Crippen molar-refractivity contribution < 1.29 is 14.3 Å². The van der Waals surface area contributed by atoms with Crippen LogP contribution in [0.2, 0.25) is 5.02 Å². The van der Waals surface area contributed by atoms with Crippen LogP contribution in [-0.2, 0) is 22.5 Å².